The summed E-state index contributed by atoms with van der Waals surface area (Å²) in [5.74, 6) is -0.0656. The number of hydrogen-bond acceptors (Lipinski definition) is 2. The van der Waals surface area contributed by atoms with E-state index in [1.165, 1.54) is 12.1 Å². The van der Waals surface area contributed by atoms with Gasteiger partial charge in [-0.3, -0.25) is 4.79 Å². The Hall–Kier alpha value is -0.650. The smallest absolute Gasteiger partial charge is 0.241 e. The highest BCUT2D eigenvalue weighted by Crippen LogP contribution is 2.32. The molecule has 0 aromatic heterocycles. The summed E-state index contributed by atoms with van der Waals surface area (Å²) in [7, 11) is 0. The van der Waals surface area contributed by atoms with Gasteiger partial charge in [0.1, 0.15) is 5.82 Å². The van der Waals surface area contributed by atoms with Crippen molar-refractivity contribution in [3.63, 3.8) is 0 Å². The van der Waals surface area contributed by atoms with Gasteiger partial charge in [-0.05, 0) is 53.4 Å². The molecule has 2 N–H and O–H groups in total. The molecule has 0 radical (unpaired) electrons. The van der Waals surface area contributed by atoms with E-state index in [4.69, 9.17) is 11.6 Å². The summed E-state index contributed by atoms with van der Waals surface area (Å²) < 4.78 is 13.6. The van der Waals surface area contributed by atoms with Crippen LogP contribution in [0.25, 0.3) is 0 Å². The predicted molar refractivity (Wildman–Crippen MR) is 77.9 cm³/mol. The highest BCUT2D eigenvalue weighted by molar-refractivity contribution is 9.10. The molecule has 2 rings (SSSR count). The number of benzene rings is 1. The largest absolute Gasteiger partial charge is 0.322 e. The second-order valence-electron chi connectivity index (χ2n) is 4.87. The minimum Gasteiger partial charge on any atom is -0.322 e. The fourth-order valence-electron chi connectivity index (χ4n) is 2.18. The first kappa shape index (κ1) is 14.8. The van der Waals surface area contributed by atoms with E-state index in [-0.39, 0.29) is 17.0 Å². The van der Waals surface area contributed by atoms with Gasteiger partial charge in [0.2, 0.25) is 5.91 Å². The lowest BCUT2D eigenvalue weighted by molar-refractivity contribution is -0.119. The Morgan fingerprint density at radius 1 is 1.58 bits per heavy atom. The molecule has 0 aliphatic carbocycles. The average Bonchev–Trinajstić information content (AvgIpc) is 2.33. The zero-order valence-electron chi connectivity index (χ0n) is 10.5. The van der Waals surface area contributed by atoms with E-state index in [9.17, 15) is 9.18 Å². The van der Waals surface area contributed by atoms with Gasteiger partial charge in [-0.1, -0.05) is 18.5 Å². The van der Waals surface area contributed by atoms with E-state index >= 15 is 0 Å². The Kier molecular flexibility index (Phi) is 4.81. The number of halogens is 3. The van der Waals surface area contributed by atoms with Gasteiger partial charge in [0, 0.05) is 4.47 Å². The van der Waals surface area contributed by atoms with Crippen LogP contribution in [0.4, 0.5) is 10.1 Å². The zero-order valence-corrected chi connectivity index (χ0v) is 12.8. The molecule has 1 aliphatic rings. The lowest BCUT2D eigenvalue weighted by Crippen LogP contribution is -2.45. The minimum atomic E-state index is -0.445. The average molecular weight is 350 g/mol. The third-order valence-corrected chi connectivity index (χ3v) is 4.16. The van der Waals surface area contributed by atoms with Crippen molar-refractivity contribution in [1.29, 1.82) is 0 Å². The molecular formula is C13H15BrClFN2O. The third kappa shape index (κ3) is 3.68. The van der Waals surface area contributed by atoms with Crippen LogP contribution in [0.15, 0.2) is 16.6 Å². The number of anilines is 1. The first-order valence-electron chi connectivity index (χ1n) is 6.16. The lowest BCUT2D eigenvalue weighted by Gasteiger charge is -2.27. The van der Waals surface area contributed by atoms with E-state index in [0.717, 1.165) is 19.4 Å². The molecule has 1 fully saturated rings. The Bertz CT molecular complexity index is 475. The van der Waals surface area contributed by atoms with E-state index in [0.29, 0.717) is 16.1 Å². The van der Waals surface area contributed by atoms with Crippen molar-refractivity contribution < 1.29 is 9.18 Å². The van der Waals surface area contributed by atoms with Gasteiger partial charge in [-0.15, -0.1) is 0 Å². The molecule has 1 aliphatic heterocycles. The molecule has 1 aromatic carbocycles. The van der Waals surface area contributed by atoms with Crippen LogP contribution < -0.4 is 10.6 Å². The van der Waals surface area contributed by atoms with Gasteiger partial charge in [0.05, 0.1) is 16.8 Å². The monoisotopic (exact) mass is 348 g/mol. The van der Waals surface area contributed by atoms with Crippen LogP contribution >= 0.6 is 27.5 Å². The van der Waals surface area contributed by atoms with Crippen LogP contribution in [0.2, 0.25) is 5.02 Å². The van der Waals surface area contributed by atoms with Gasteiger partial charge < -0.3 is 10.6 Å². The first-order valence-corrected chi connectivity index (χ1v) is 7.33. The SMILES string of the molecule is CC1CCNC(C(=O)Nc2c(Cl)cc(F)cc2Br)C1. The topological polar surface area (TPSA) is 41.1 Å². The first-order chi connectivity index (χ1) is 8.97. The maximum Gasteiger partial charge on any atom is 0.241 e. The van der Waals surface area contributed by atoms with Crippen molar-refractivity contribution in [1.82, 2.24) is 5.32 Å². The number of rotatable bonds is 2. The maximum absolute atomic E-state index is 13.1. The third-order valence-electron chi connectivity index (χ3n) is 3.24. The molecule has 1 heterocycles. The minimum absolute atomic E-state index is 0.138. The van der Waals surface area contributed by atoms with Crippen molar-refractivity contribution in [2.45, 2.75) is 25.8 Å². The fourth-order valence-corrected chi connectivity index (χ4v) is 3.08. The summed E-state index contributed by atoms with van der Waals surface area (Å²) >= 11 is 9.14. The summed E-state index contributed by atoms with van der Waals surface area (Å²) in [4.78, 5) is 12.2. The number of carbonyl (C=O) groups is 1. The summed E-state index contributed by atoms with van der Waals surface area (Å²) in [5, 5.41) is 6.11. The van der Waals surface area contributed by atoms with E-state index in [2.05, 4.69) is 33.5 Å². The van der Waals surface area contributed by atoms with Crippen molar-refractivity contribution in [3.05, 3.63) is 27.4 Å². The maximum atomic E-state index is 13.1. The molecule has 104 valence electrons. The Labute approximate surface area is 125 Å². The van der Waals surface area contributed by atoms with Crippen molar-refractivity contribution in [2.75, 3.05) is 11.9 Å². The lowest BCUT2D eigenvalue weighted by atomic mass is 9.94. The molecule has 19 heavy (non-hydrogen) atoms. The van der Waals surface area contributed by atoms with Crippen LogP contribution in [0, 0.1) is 11.7 Å². The summed E-state index contributed by atoms with van der Waals surface area (Å²) in [6.07, 6.45) is 1.87. The van der Waals surface area contributed by atoms with E-state index in [1.54, 1.807) is 0 Å². The fraction of sp³-hybridized carbons (Fsp3) is 0.462. The summed E-state index contributed by atoms with van der Waals surface area (Å²) in [6, 6.07) is 2.23. The Balaban J connectivity index is 2.10. The second kappa shape index (κ2) is 6.20. The van der Waals surface area contributed by atoms with Crippen LogP contribution in [-0.4, -0.2) is 18.5 Å². The van der Waals surface area contributed by atoms with E-state index < -0.39 is 5.82 Å². The number of nitrogens with one attached hydrogen (secondary N) is 2. The quantitative estimate of drug-likeness (QED) is 0.857. The highest BCUT2D eigenvalue weighted by atomic mass is 79.9. The normalized spacial score (nSPS) is 23.2. The van der Waals surface area contributed by atoms with Crippen LogP contribution in [-0.2, 0) is 4.79 Å². The molecule has 0 spiro atoms. The van der Waals surface area contributed by atoms with Gasteiger partial charge in [-0.2, -0.15) is 0 Å². The molecule has 2 atom stereocenters. The Morgan fingerprint density at radius 3 is 2.95 bits per heavy atom. The van der Waals surface area contributed by atoms with Crippen molar-refractivity contribution in [3.8, 4) is 0 Å². The molecule has 2 unspecified atom stereocenters. The number of carbonyl (C=O) groups excluding carboxylic acids is 1. The number of piperidine rings is 1. The highest BCUT2D eigenvalue weighted by Gasteiger charge is 2.25. The second-order valence-corrected chi connectivity index (χ2v) is 6.13. The standard InChI is InChI=1S/C13H15BrClFN2O/c1-7-2-3-17-11(4-7)13(19)18-12-9(14)5-8(16)6-10(12)15/h5-7,11,17H,2-4H2,1H3,(H,18,19). The van der Waals surface area contributed by atoms with Gasteiger partial charge in [0.25, 0.3) is 0 Å². The number of hydrogen-bond donors (Lipinski definition) is 2. The van der Waals surface area contributed by atoms with Crippen molar-refractivity contribution in [2.24, 2.45) is 5.92 Å². The Morgan fingerprint density at radius 2 is 2.32 bits per heavy atom. The molecule has 0 saturated carbocycles. The molecule has 1 saturated heterocycles. The molecule has 0 bridgehead atoms. The molecule has 1 aromatic rings. The van der Waals surface area contributed by atoms with Crippen LogP contribution in [0.5, 0.6) is 0 Å². The summed E-state index contributed by atoms with van der Waals surface area (Å²) in [5.41, 5.74) is 0.410. The summed E-state index contributed by atoms with van der Waals surface area (Å²) in [6.45, 7) is 2.96. The molecule has 6 heteroatoms. The van der Waals surface area contributed by atoms with Crippen molar-refractivity contribution >= 4 is 39.1 Å². The van der Waals surface area contributed by atoms with Crippen LogP contribution in [0.1, 0.15) is 19.8 Å². The number of amides is 1. The van der Waals surface area contributed by atoms with E-state index in [1.807, 2.05) is 0 Å². The molecular weight excluding hydrogens is 335 g/mol. The molecule has 1 amide bonds. The van der Waals surface area contributed by atoms with Gasteiger partial charge in [-0.25, -0.2) is 4.39 Å². The zero-order chi connectivity index (χ0) is 14.0. The molecule has 3 nitrogen and oxygen atoms in total. The van der Waals surface area contributed by atoms with Gasteiger partial charge in [0.15, 0.2) is 0 Å². The predicted octanol–water partition coefficient (Wildman–Crippen LogP) is 3.57. The van der Waals surface area contributed by atoms with Crippen LogP contribution in [0.3, 0.4) is 0 Å². The van der Waals surface area contributed by atoms with Gasteiger partial charge >= 0.3 is 0 Å².